The number of hydrogen-bond donors (Lipinski definition) is 0. The second-order valence-electron chi connectivity index (χ2n) is 3.61. The lowest BCUT2D eigenvalue weighted by Crippen LogP contribution is -2.50. The lowest BCUT2D eigenvalue weighted by atomic mass is 10.2. The third-order valence-corrected chi connectivity index (χ3v) is 2.83. The summed E-state index contributed by atoms with van der Waals surface area (Å²) >= 11 is 0. The van der Waals surface area contributed by atoms with Gasteiger partial charge in [0.2, 0.25) is 0 Å². The molecule has 0 aromatic heterocycles. The summed E-state index contributed by atoms with van der Waals surface area (Å²) in [5.74, 6) is -0.557. The van der Waals surface area contributed by atoms with Gasteiger partial charge in [0.15, 0.2) is 0 Å². The molecule has 14 heavy (non-hydrogen) atoms. The van der Waals surface area contributed by atoms with Crippen molar-refractivity contribution in [3.8, 4) is 0 Å². The molecule has 1 saturated heterocycles. The lowest BCUT2D eigenvalue weighted by molar-refractivity contribution is 0.208. The maximum absolute atomic E-state index is 4.38. The summed E-state index contributed by atoms with van der Waals surface area (Å²) in [6, 6.07) is 0. The molecule has 3 aliphatic rings. The van der Waals surface area contributed by atoms with Crippen LogP contribution in [0, 0.1) is 0 Å². The van der Waals surface area contributed by atoms with E-state index in [0.29, 0.717) is 0 Å². The first-order valence-corrected chi connectivity index (χ1v) is 4.86. The SMILES string of the molecule is C1=NC=NC2(N3CCCC3)N=CN=C12. The van der Waals surface area contributed by atoms with Crippen LogP contribution in [-0.2, 0) is 0 Å². The van der Waals surface area contributed by atoms with E-state index in [2.05, 4.69) is 24.9 Å². The van der Waals surface area contributed by atoms with Crippen molar-refractivity contribution in [2.75, 3.05) is 13.1 Å². The molecule has 0 radical (unpaired) electrons. The maximum atomic E-state index is 4.38. The van der Waals surface area contributed by atoms with Crippen LogP contribution < -0.4 is 0 Å². The Bertz CT molecular complexity index is 361. The van der Waals surface area contributed by atoms with E-state index in [0.717, 1.165) is 18.8 Å². The molecule has 5 nitrogen and oxygen atoms in total. The zero-order valence-electron chi connectivity index (χ0n) is 7.80. The van der Waals surface area contributed by atoms with Crippen LogP contribution in [0.4, 0.5) is 0 Å². The molecule has 0 aromatic rings. The van der Waals surface area contributed by atoms with Gasteiger partial charge in [0.25, 0.3) is 5.79 Å². The molecule has 3 rings (SSSR count). The predicted octanol–water partition coefficient (Wildman–Crippen LogP) is 0.332. The third kappa shape index (κ3) is 0.928. The van der Waals surface area contributed by atoms with Gasteiger partial charge in [0, 0.05) is 13.1 Å². The smallest absolute Gasteiger partial charge is 0.255 e. The molecule has 0 amide bonds. The summed E-state index contributed by atoms with van der Waals surface area (Å²) in [6.45, 7) is 2.09. The molecule has 1 atom stereocenters. The average Bonchev–Trinajstić information content (AvgIpc) is 2.87. The Morgan fingerprint density at radius 3 is 2.79 bits per heavy atom. The number of fused-ring (bicyclic) bond motifs is 1. The van der Waals surface area contributed by atoms with Gasteiger partial charge >= 0.3 is 0 Å². The van der Waals surface area contributed by atoms with Crippen LogP contribution in [0.25, 0.3) is 0 Å². The fourth-order valence-corrected chi connectivity index (χ4v) is 2.12. The van der Waals surface area contributed by atoms with Crippen molar-refractivity contribution < 1.29 is 0 Å². The molecule has 3 aliphatic heterocycles. The van der Waals surface area contributed by atoms with E-state index in [4.69, 9.17) is 0 Å². The largest absolute Gasteiger partial charge is 0.255 e. The summed E-state index contributed by atoms with van der Waals surface area (Å²) in [6.07, 6.45) is 7.34. The van der Waals surface area contributed by atoms with E-state index in [9.17, 15) is 0 Å². The van der Waals surface area contributed by atoms with Crippen molar-refractivity contribution in [2.24, 2.45) is 20.0 Å². The van der Waals surface area contributed by atoms with E-state index < -0.39 is 5.79 Å². The number of nitrogens with zero attached hydrogens (tertiary/aromatic N) is 5. The Labute approximate surface area is 82.0 Å². The van der Waals surface area contributed by atoms with Crippen LogP contribution in [-0.4, -0.2) is 48.4 Å². The molecule has 0 aliphatic carbocycles. The first kappa shape index (κ1) is 7.99. The fraction of sp³-hybridized carbons (Fsp3) is 0.556. The van der Waals surface area contributed by atoms with Crippen LogP contribution in [0.15, 0.2) is 20.0 Å². The molecule has 1 unspecified atom stereocenters. The second-order valence-corrected chi connectivity index (χ2v) is 3.61. The van der Waals surface area contributed by atoms with E-state index in [-0.39, 0.29) is 0 Å². The topological polar surface area (TPSA) is 52.7 Å². The average molecular weight is 189 g/mol. The quantitative estimate of drug-likeness (QED) is 0.586. The summed E-state index contributed by atoms with van der Waals surface area (Å²) in [7, 11) is 0. The molecule has 0 aromatic carbocycles. The van der Waals surface area contributed by atoms with Gasteiger partial charge in [-0.25, -0.2) is 20.0 Å². The summed E-state index contributed by atoms with van der Waals surface area (Å²) < 4.78 is 0. The van der Waals surface area contributed by atoms with E-state index in [1.807, 2.05) is 0 Å². The number of likely N-dealkylation sites (tertiary alicyclic amines) is 1. The highest BCUT2D eigenvalue weighted by Crippen LogP contribution is 2.28. The van der Waals surface area contributed by atoms with Gasteiger partial charge in [-0.2, -0.15) is 0 Å². The summed E-state index contributed by atoms with van der Waals surface area (Å²) in [4.78, 5) is 19.2. The van der Waals surface area contributed by atoms with Crippen LogP contribution in [0.1, 0.15) is 12.8 Å². The first-order valence-electron chi connectivity index (χ1n) is 4.86. The van der Waals surface area contributed by atoms with Gasteiger partial charge in [-0.05, 0) is 12.8 Å². The van der Waals surface area contributed by atoms with Gasteiger partial charge in [-0.3, -0.25) is 4.90 Å². The Kier molecular flexibility index (Phi) is 1.61. The zero-order chi connectivity index (χ0) is 9.43. The van der Waals surface area contributed by atoms with Crippen LogP contribution in [0.3, 0.4) is 0 Å². The predicted molar refractivity (Wildman–Crippen MR) is 56.4 cm³/mol. The Morgan fingerprint density at radius 2 is 1.93 bits per heavy atom. The zero-order valence-corrected chi connectivity index (χ0v) is 7.80. The van der Waals surface area contributed by atoms with Crippen LogP contribution >= 0.6 is 0 Å². The summed E-state index contributed by atoms with van der Waals surface area (Å²) in [5.41, 5.74) is 0.849. The van der Waals surface area contributed by atoms with E-state index in [1.165, 1.54) is 12.8 Å². The molecule has 3 heterocycles. The molecule has 72 valence electrons. The molecule has 0 spiro atoms. The monoisotopic (exact) mass is 189 g/mol. The van der Waals surface area contributed by atoms with Crippen molar-refractivity contribution in [3.05, 3.63) is 0 Å². The van der Waals surface area contributed by atoms with Crippen LogP contribution in [0.5, 0.6) is 0 Å². The molecular formula is C9H11N5. The van der Waals surface area contributed by atoms with E-state index >= 15 is 0 Å². The van der Waals surface area contributed by atoms with Gasteiger partial charge in [0.05, 0.1) is 6.21 Å². The van der Waals surface area contributed by atoms with Gasteiger partial charge in [0.1, 0.15) is 18.4 Å². The van der Waals surface area contributed by atoms with Crippen molar-refractivity contribution in [2.45, 2.75) is 18.6 Å². The van der Waals surface area contributed by atoms with Gasteiger partial charge in [-0.1, -0.05) is 0 Å². The number of hydrogen-bond acceptors (Lipinski definition) is 5. The van der Waals surface area contributed by atoms with Crippen molar-refractivity contribution in [3.63, 3.8) is 0 Å². The number of rotatable bonds is 1. The highest BCUT2D eigenvalue weighted by Gasteiger charge is 2.44. The molecule has 0 saturated carbocycles. The van der Waals surface area contributed by atoms with Crippen molar-refractivity contribution >= 4 is 24.6 Å². The van der Waals surface area contributed by atoms with Crippen LogP contribution in [0.2, 0.25) is 0 Å². The number of aliphatic imine (C=N–C) groups is 4. The van der Waals surface area contributed by atoms with Gasteiger partial charge in [-0.15, -0.1) is 0 Å². The van der Waals surface area contributed by atoms with Crippen molar-refractivity contribution in [1.29, 1.82) is 0 Å². The molecule has 5 heteroatoms. The Hall–Kier alpha value is -1.36. The van der Waals surface area contributed by atoms with E-state index in [1.54, 1.807) is 18.9 Å². The molecular weight excluding hydrogens is 178 g/mol. The highest BCUT2D eigenvalue weighted by atomic mass is 15.4. The molecule has 0 N–H and O–H groups in total. The lowest BCUT2D eigenvalue weighted by Gasteiger charge is -2.32. The first-order chi connectivity index (χ1) is 6.92. The van der Waals surface area contributed by atoms with Crippen molar-refractivity contribution in [1.82, 2.24) is 4.90 Å². The Balaban J connectivity index is 2.01. The Morgan fingerprint density at radius 1 is 1.14 bits per heavy atom. The minimum Gasteiger partial charge on any atom is -0.255 e. The third-order valence-electron chi connectivity index (χ3n) is 2.83. The maximum Gasteiger partial charge on any atom is 0.255 e. The second kappa shape index (κ2) is 2.81. The minimum atomic E-state index is -0.557. The molecule has 1 fully saturated rings. The normalized spacial score (nSPS) is 35.0. The standard InChI is InChI=1S/C9H11N5/c1-2-4-14(3-1)9-8(11-7-13-9)5-10-6-12-9/h5-7H,1-4H2. The highest BCUT2D eigenvalue weighted by molar-refractivity contribution is 6.39. The fourth-order valence-electron chi connectivity index (χ4n) is 2.12. The van der Waals surface area contributed by atoms with Gasteiger partial charge < -0.3 is 0 Å². The summed E-state index contributed by atoms with van der Waals surface area (Å²) in [5, 5.41) is 0. The molecule has 0 bridgehead atoms. The minimum absolute atomic E-state index is 0.557.